The van der Waals surface area contributed by atoms with Gasteiger partial charge in [0, 0.05) is 31.5 Å². The number of benzene rings is 2. The molecule has 0 saturated carbocycles. The first-order valence-corrected chi connectivity index (χ1v) is 14.0. The van der Waals surface area contributed by atoms with Crippen LogP contribution in [0.15, 0.2) is 42.5 Å². The van der Waals surface area contributed by atoms with Crippen LogP contribution in [-0.4, -0.2) is 67.7 Å². The second-order valence-electron chi connectivity index (χ2n) is 11.4. The van der Waals surface area contributed by atoms with Gasteiger partial charge in [0.05, 0.1) is 13.2 Å². The van der Waals surface area contributed by atoms with Gasteiger partial charge in [-0.05, 0) is 73.2 Å². The fourth-order valence-corrected chi connectivity index (χ4v) is 5.31. The van der Waals surface area contributed by atoms with Gasteiger partial charge in [0.1, 0.15) is 25.1 Å². The quantitative estimate of drug-likeness (QED) is 0.285. The first kappa shape index (κ1) is 28.9. The van der Waals surface area contributed by atoms with E-state index < -0.39 is 12.1 Å². The molecule has 2 atom stereocenters. The molecule has 4 rings (SSSR count). The number of carbonyl (C=O) groups is 2. The van der Waals surface area contributed by atoms with E-state index in [1.807, 2.05) is 18.2 Å². The highest BCUT2D eigenvalue weighted by Gasteiger charge is 2.33. The van der Waals surface area contributed by atoms with Crippen molar-refractivity contribution in [2.75, 3.05) is 40.0 Å². The number of aliphatic hydroxyl groups is 1. The van der Waals surface area contributed by atoms with Gasteiger partial charge in [-0.15, -0.1) is 0 Å². The minimum atomic E-state index is -0.879. The summed E-state index contributed by atoms with van der Waals surface area (Å²) in [7, 11) is 1.60. The van der Waals surface area contributed by atoms with Crippen molar-refractivity contribution in [3.63, 3.8) is 0 Å². The van der Waals surface area contributed by atoms with E-state index in [0.717, 1.165) is 38.1 Å². The summed E-state index contributed by atoms with van der Waals surface area (Å²) in [6.45, 7) is 7.91. The second-order valence-corrected chi connectivity index (χ2v) is 11.4. The Bertz CT molecular complexity index is 1120. The van der Waals surface area contributed by atoms with Crippen molar-refractivity contribution in [1.29, 1.82) is 0 Å². The Morgan fingerprint density at radius 2 is 1.74 bits per heavy atom. The molecule has 0 bridgehead atoms. The standard InChI is InChI=1S/C31H42N2O6/c1-31(2)15-16-33(21-31)20-25(30(36)23-11-14-27-28(19-23)39-18-17-38-27)32-29(35)8-6-4-5-7-26(34)22-9-12-24(37-3)13-10-22/h9-14,19,25,30,36H,4-8,15-18,20-21H2,1-3H3,(H,32,35)/t25-,30?/m1/s1. The van der Waals surface area contributed by atoms with Crippen LogP contribution in [0, 0.1) is 5.41 Å². The smallest absolute Gasteiger partial charge is 0.220 e. The minimum absolute atomic E-state index is 0.0865. The monoisotopic (exact) mass is 538 g/mol. The Labute approximate surface area is 231 Å². The van der Waals surface area contributed by atoms with Crippen LogP contribution >= 0.6 is 0 Å². The van der Waals surface area contributed by atoms with Crippen molar-refractivity contribution >= 4 is 11.7 Å². The Morgan fingerprint density at radius 3 is 2.44 bits per heavy atom. The number of likely N-dealkylation sites (tertiary alicyclic amines) is 1. The molecule has 8 heteroatoms. The fraction of sp³-hybridized carbons (Fsp3) is 0.548. The van der Waals surface area contributed by atoms with Gasteiger partial charge in [0.2, 0.25) is 5.91 Å². The molecule has 39 heavy (non-hydrogen) atoms. The molecule has 2 aliphatic heterocycles. The number of rotatable bonds is 13. The molecule has 8 nitrogen and oxygen atoms in total. The minimum Gasteiger partial charge on any atom is -0.497 e. The number of nitrogens with zero attached hydrogens (tertiary/aromatic N) is 1. The molecule has 212 valence electrons. The Kier molecular flexibility index (Phi) is 9.86. The number of aliphatic hydroxyl groups excluding tert-OH is 1. The molecule has 1 fully saturated rings. The predicted octanol–water partition coefficient (Wildman–Crippen LogP) is 4.55. The number of ketones is 1. The molecule has 2 aromatic rings. The molecule has 2 heterocycles. The number of nitrogens with one attached hydrogen (secondary N) is 1. The van der Waals surface area contributed by atoms with E-state index in [9.17, 15) is 14.7 Å². The molecule has 0 radical (unpaired) electrons. The van der Waals surface area contributed by atoms with E-state index >= 15 is 0 Å². The molecular weight excluding hydrogens is 496 g/mol. The van der Waals surface area contributed by atoms with Crippen LogP contribution in [0.5, 0.6) is 17.2 Å². The molecule has 2 N–H and O–H groups in total. The van der Waals surface area contributed by atoms with Gasteiger partial charge in [0.25, 0.3) is 0 Å². The normalized spacial score (nSPS) is 17.8. The summed E-state index contributed by atoms with van der Waals surface area (Å²) >= 11 is 0. The van der Waals surface area contributed by atoms with Gasteiger partial charge >= 0.3 is 0 Å². The third kappa shape index (κ3) is 8.19. The Hall–Kier alpha value is -3.10. The third-order valence-electron chi connectivity index (χ3n) is 7.57. The van der Waals surface area contributed by atoms with Crippen LogP contribution in [0.25, 0.3) is 0 Å². The lowest BCUT2D eigenvalue weighted by Crippen LogP contribution is -2.47. The van der Waals surface area contributed by atoms with E-state index in [2.05, 4.69) is 24.1 Å². The SMILES string of the molecule is COc1ccc(C(=O)CCCCCC(=O)N[C@H](CN2CCC(C)(C)C2)C(O)c2ccc3c(c2)OCCO3)cc1. The molecule has 0 aromatic heterocycles. The van der Waals surface area contributed by atoms with E-state index in [-0.39, 0.29) is 17.1 Å². The molecule has 1 amide bonds. The molecule has 1 unspecified atom stereocenters. The number of fused-ring (bicyclic) bond motifs is 1. The molecule has 0 spiro atoms. The van der Waals surface area contributed by atoms with Crippen molar-refractivity contribution in [2.45, 2.75) is 64.5 Å². The number of hydrogen-bond acceptors (Lipinski definition) is 7. The molecule has 2 aliphatic rings. The summed E-state index contributed by atoms with van der Waals surface area (Å²) in [6.07, 6.45) is 3.20. The number of Topliss-reactive ketones (excluding diaryl/α,β-unsaturated/α-hetero) is 1. The maximum atomic E-state index is 12.9. The van der Waals surface area contributed by atoms with Gasteiger partial charge in [-0.1, -0.05) is 26.3 Å². The van der Waals surface area contributed by atoms with Crippen LogP contribution in [0.1, 0.15) is 74.4 Å². The zero-order valence-electron chi connectivity index (χ0n) is 23.4. The van der Waals surface area contributed by atoms with Gasteiger partial charge in [-0.3, -0.25) is 9.59 Å². The summed E-state index contributed by atoms with van der Waals surface area (Å²) < 4.78 is 16.5. The van der Waals surface area contributed by atoms with Gasteiger partial charge in [0.15, 0.2) is 17.3 Å². The fourth-order valence-electron chi connectivity index (χ4n) is 5.31. The topological polar surface area (TPSA) is 97.3 Å². The number of ether oxygens (including phenoxy) is 3. The largest absolute Gasteiger partial charge is 0.497 e. The summed E-state index contributed by atoms with van der Waals surface area (Å²) in [5.74, 6) is 2.03. The zero-order valence-corrected chi connectivity index (χ0v) is 23.4. The zero-order chi connectivity index (χ0) is 27.8. The van der Waals surface area contributed by atoms with Crippen molar-refractivity contribution in [3.8, 4) is 17.2 Å². The van der Waals surface area contributed by atoms with Crippen LogP contribution in [-0.2, 0) is 4.79 Å². The van der Waals surface area contributed by atoms with Crippen molar-refractivity contribution in [2.24, 2.45) is 5.41 Å². The van der Waals surface area contributed by atoms with E-state index in [0.29, 0.717) is 61.6 Å². The van der Waals surface area contributed by atoms with E-state index in [1.165, 1.54) is 0 Å². The second kappa shape index (κ2) is 13.3. The van der Waals surface area contributed by atoms with Crippen LogP contribution in [0.4, 0.5) is 0 Å². The van der Waals surface area contributed by atoms with Crippen LogP contribution in [0.3, 0.4) is 0 Å². The third-order valence-corrected chi connectivity index (χ3v) is 7.57. The van der Waals surface area contributed by atoms with Gasteiger partial charge in [-0.2, -0.15) is 0 Å². The van der Waals surface area contributed by atoms with Crippen molar-refractivity contribution < 1.29 is 28.9 Å². The summed E-state index contributed by atoms with van der Waals surface area (Å²) in [5, 5.41) is 14.5. The number of methoxy groups -OCH3 is 1. The average molecular weight is 539 g/mol. The van der Waals surface area contributed by atoms with Crippen molar-refractivity contribution in [1.82, 2.24) is 10.2 Å². The molecule has 2 aromatic carbocycles. The highest BCUT2D eigenvalue weighted by Crippen LogP contribution is 2.34. The lowest BCUT2D eigenvalue weighted by molar-refractivity contribution is -0.123. The number of unbranched alkanes of at least 4 members (excludes halogenated alkanes) is 2. The lowest BCUT2D eigenvalue weighted by Gasteiger charge is -2.30. The highest BCUT2D eigenvalue weighted by molar-refractivity contribution is 5.96. The van der Waals surface area contributed by atoms with Gasteiger partial charge in [-0.25, -0.2) is 0 Å². The van der Waals surface area contributed by atoms with E-state index in [1.54, 1.807) is 31.4 Å². The first-order chi connectivity index (χ1) is 18.7. The Morgan fingerprint density at radius 1 is 1.03 bits per heavy atom. The number of carbonyl (C=O) groups excluding carboxylic acids is 2. The average Bonchev–Trinajstić information content (AvgIpc) is 3.29. The first-order valence-electron chi connectivity index (χ1n) is 14.0. The number of amides is 1. The van der Waals surface area contributed by atoms with Crippen LogP contribution < -0.4 is 19.5 Å². The summed E-state index contributed by atoms with van der Waals surface area (Å²) in [5.41, 5.74) is 1.59. The number of hydrogen-bond donors (Lipinski definition) is 2. The van der Waals surface area contributed by atoms with E-state index in [4.69, 9.17) is 14.2 Å². The molecule has 1 saturated heterocycles. The Balaban J connectivity index is 1.29. The maximum Gasteiger partial charge on any atom is 0.220 e. The van der Waals surface area contributed by atoms with Crippen molar-refractivity contribution in [3.05, 3.63) is 53.6 Å². The summed E-state index contributed by atoms with van der Waals surface area (Å²) in [4.78, 5) is 27.7. The summed E-state index contributed by atoms with van der Waals surface area (Å²) in [6, 6.07) is 12.2. The maximum absolute atomic E-state index is 12.9. The highest BCUT2D eigenvalue weighted by atomic mass is 16.6. The lowest BCUT2D eigenvalue weighted by atomic mass is 9.93. The van der Waals surface area contributed by atoms with Crippen LogP contribution in [0.2, 0.25) is 0 Å². The van der Waals surface area contributed by atoms with Gasteiger partial charge < -0.3 is 29.5 Å². The molecule has 0 aliphatic carbocycles. The molecular formula is C31H42N2O6. The predicted molar refractivity (Wildman–Crippen MR) is 150 cm³/mol.